The molecule has 0 aliphatic carbocycles. The molecule has 0 saturated heterocycles. The second-order valence-corrected chi connectivity index (χ2v) is 5.38. The SMILES string of the molecule is CCc1nn(C)cc1CNC(=O)c1csc(C#CCO)c1. The van der Waals surface area contributed by atoms with Crippen LogP contribution in [0.2, 0.25) is 0 Å². The minimum Gasteiger partial charge on any atom is -0.384 e. The Hall–Kier alpha value is -2.10. The Morgan fingerprint density at radius 3 is 3.10 bits per heavy atom. The van der Waals surface area contributed by atoms with Crippen LogP contribution in [0.5, 0.6) is 0 Å². The van der Waals surface area contributed by atoms with Crippen LogP contribution in [0, 0.1) is 11.8 Å². The topological polar surface area (TPSA) is 67.2 Å². The second kappa shape index (κ2) is 7.07. The Kier molecular flexibility index (Phi) is 5.14. The summed E-state index contributed by atoms with van der Waals surface area (Å²) in [6.07, 6.45) is 2.76. The van der Waals surface area contributed by atoms with Gasteiger partial charge in [0.05, 0.1) is 16.1 Å². The van der Waals surface area contributed by atoms with E-state index in [0.717, 1.165) is 22.6 Å². The first-order chi connectivity index (χ1) is 10.1. The highest BCUT2D eigenvalue weighted by Gasteiger charge is 2.10. The number of carbonyl (C=O) groups excluding carboxylic acids is 1. The van der Waals surface area contributed by atoms with Gasteiger partial charge in [0, 0.05) is 30.7 Å². The fraction of sp³-hybridized carbons (Fsp3) is 0.333. The molecular weight excluding hydrogens is 286 g/mol. The molecule has 0 aliphatic rings. The van der Waals surface area contributed by atoms with E-state index in [0.29, 0.717) is 12.1 Å². The van der Waals surface area contributed by atoms with E-state index in [1.54, 1.807) is 16.1 Å². The van der Waals surface area contributed by atoms with Gasteiger partial charge >= 0.3 is 0 Å². The number of aliphatic hydroxyl groups is 1. The first-order valence-electron chi connectivity index (χ1n) is 6.62. The summed E-state index contributed by atoms with van der Waals surface area (Å²) in [5.74, 6) is 5.23. The number of nitrogens with zero attached hydrogens (tertiary/aromatic N) is 2. The van der Waals surface area contributed by atoms with Crippen LogP contribution in [0.1, 0.15) is 33.4 Å². The summed E-state index contributed by atoms with van der Waals surface area (Å²) in [4.78, 5) is 12.9. The van der Waals surface area contributed by atoms with E-state index in [4.69, 9.17) is 5.11 Å². The van der Waals surface area contributed by atoms with E-state index < -0.39 is 0 Å². The highest BCUT2D eigenvalue weighted by Crippen LogP contribution is 2.14. The summed E-state index contributed by atoms with van der Waals surface area (Å²) in [7, 11) is 1.87. The maximum atomic E-state index is 12.1. The lowest BCUT2D eigenvalue weighted by Crippen LogP contribution is -2.22. The number of hydrogen-bond acceptors (Lipinski definition) is 4. The molecule has 2 aromatic rings. The van der Waals surface area contributed by atoms with Gasteiger partial charge in [0.1, 0.15) is 6.61 Å². The number of rotatable bonds is 4. The molecule has 2 rings (SSSR count). The van der Waals surface area contributed by atoms with Gasteiger partial charge in [-0.2, -0.15) is 5.10 Å². The summed E-state index contributed by atoms with van der Waals surface area (Å²) >= 11 is 1.39. The van der Waals surface area contributed by atoms with Crippen LogP contribution in [0.25, 0.3) is 0 Å². The molecule has 21 heavy (non-hydrogen) atoms. The average molecular weight is 303 g/mol. The van der Waals surface area contributed by atoms with Crippen LogP contribution >= 0.6 is 11.3 Å². The maximum Gasteiger partial charge on any atom is 0.252 e. The number of amides is 1. The van der Waals surface area contributed by atoms with Gasteiger partial charge in [0.25, 0.3) is 5.91 Å². The molecular formula is C15H17N3O2S. The number of nitrogens with one attached hydrogen (secondary N) is 1. The van der Waals surface area contributed by atoms with Crippen molar-refractivity contribution < 1.29 is 9.90 Å². The molecule has 0 fully saturated rings. The van der Waals surface area contributed by atoms with Gasteiger partial charge in [0.2, 0.25) is 0 Å². The van der Waals surface area contributed by atoms with Gasteiger partial charge in [-0.1, -0.05) is 18.8 Å². The highest BCUT2D eigenvalue weighted by molar-refractivity contribution is 7.10. The van der Waals surface area contributed by atoms with Gasteiger partial charge in [-0.15, -0.1) is 11.3 Å². The molecule has 0 aliphatic heterocycles. The molecule has 0 saturated carbocycles. The lowest BCUT2D eigenvalue weighted by atomic mass is 10.2. The predicted molar refractivity (Wildman–Crippen MR) is 82.0 cm³/mol. The second-order valence-electron chi connectivity index (χ2n) is 4.47. The fourth-order valence-electron chi connectivity index (χ4n) is 1.95. The Bertz CT molecular complexity index is 691. The summed E-state index contributed by atoms with van der Waals surface area (Å²) in [6.45, 7) is 2.32. The first-order valence-corrected chi connectivity index (χ1v) is 7.49. The van der Waals surface area contributed by atoms with Gasteiger partial charge in [-0.25, -0.2) is 0 Å². The van der Waals surface area contributed by atoms with Gasteiger partial charge in [-0.05, 0) is 12.5 Å². The number of thiophene rings is 1. The molecule has 5 nitrogen and oxygen atoms in total. The lowest BCUT2D eigenvalue weighted by molar-refractivity contribution is 0.0951. The number of aryl methyl sites for hydroxylation is 2. The molecule has 6 heteroatoms. The summed E-state index contributed by atoms with van der Waals surface area (Å²) < 4.78 is 1.76. The van der Waals surface area contributed by atoms with E-state index >= 15 is 0 Å². The molecule has 0 spiro atoms. The van der Waals surface area contributed by atoms with Crippen molar-refractivity contribution in [3.63, 3.8) is 0 Å². The third-order valence-electron chi connectivity index (χ3n) is 2.92. The number of aliphatic hydroxyl groups excluding tert-OH is 1. The third-order valence-corrected chi connectivity index (χ3v) is 3.76. The fourth-order valence-corrected chi connectivity index (χ4v) is 2.71. The number of carbonyl (C=O) groups is 1. The molecule has 2 N–H and O–H groups in total. The van der Waals surface area contributed by atoms with Crippen molar-refractivity contribution in [2.75, 3.05) is 6.61 Å². The molecule has 0 unspecified atom stereocenters. The van der Waals surface area contributed by atoms with Crippen molar-refractivity contribution in [2.45, 2.75) is 19.9 Å². The zero-order valence-corrected chi connectivity index (χ0v) is 12.8. The van der Waals surface area contributed by atoms with Crippen molar-refractivity contribution in [2.24, 2.45) is 7.05 Å². The van der Waals surface area contributed by atoms with Crippen molar-refractivity contribution in [3.05, 3.63) is 39.3 Å². The monoisotopic (exact) mass is 303 g/mol. The minimum absolute atomic E-state index is 0.130. The van der Waals surface area contributed by atoms with Crippen LogP contribution in [-0.4, -0.2) is 27.4 Å². The number of hydrogen-bond donors (Lipinski definition) is 2. The van der Waals surface area contributed by atoms with Crippen LogP contribution in [0.15, 0.2) is 17.6 Å². The molecule has 0 bridgehead atoms. The molecule has 2 heterocycles. The summed E-state index contributed by atoms with van der Waals surface area (Å²) in [5, 5.41) is 17.6. The average Bonchev–Trinajstić information content (AvgIpc) is 3.08. The molecule has 110 valence electrons. The van der Waals surface area contributed by atoms with Gasteiger partial charge in [-0.3, -0.25) is 9.48 Å². The predicted octanol–water partition coefficient (Wildman–Crippen LogP) is 1.32. The third kappa shape index (κ3) is 3.94. The van der Waals surface area contributed by atoms with Crippen LogP contribution < -0.4 is 5.32 Å². The number of aromatic nitrogens is 2. The van der Waals surface area contributed by atoms with Crippen molar-refractivity contribution in [1.29, 1.82) is 0 Å². The van der Waals surface area contributed by atoms with Crippen LogP contribution in [0.4, 0.5) is 0 Å². The van der Waals surface area contributed by atoms with Crippen molar-refractivity contribution in [3.8, 4) is 11.8 Å². The largest absolute Gasteiger partial charge is 0.384 e. The van der Waals surface area contributed by atoms with Crippen LogP contribution in [0.3, 0.4) is 0 Å². The minimum atomic E-state index is -0.180. The Morgan fingerprint density at radius 2 is 2.38 bits per heavy atom. The van der Waals surface area contributed by atoms with E-state index in [1.807, 2.05) is 20.2 Å². The maximum absolute atomic E-state index is 12.1. The van der Waals surface area contributed by atoms with E-state index in [1.165, 1.54) is 11.3 Å². The zero-order chi connectivity index (χ0) is 15.2. The molecule has 1 amide bonds. The van der Waals surface area contributed by atoms with Gasteiger partial charge in [0.15, 0.2) is 0 Å². The van der Waals surface area contributed by atoms with Crippen molar-refractivity contribution >= 4 is 17.2 Å². The zero-order valence-electron chi connectivity index (χ0n) is 12.0. The normalized spacial score (nSPS) is 10.0. The van der Waals surface area contributed by atoms with Crippen LogP contribution in [-0.2, 0) is 20.0 Å². The quantitative estimate of drug-likeness (QED) is 0.837. The standard InChI is InChI=1S/C15H17N3O2S/c1-3-14-12(9-18(2)17-14)8-16-15(20)11-7-13(21-10-11)5-4-6-19/h7,9-10,19H,3,6,8H2,1-2H3,(H,16,20). The van der Waals surface area contributed by atoms with Gasteiger partial charge < -0.3 is 10.4 Å². The van der Waals surface area contributed by atoms with Crippen molar-refractivity contribution in [1.82, 2.24) is 15.1 Å². The molecule has 0 radical (unpaired) electrons. The molecule has 0 atom stereocenters. The molecule has 0 aromatic carbocycles. The smallest absolute Gasteiger partial charge is 0.252 e. The van der Waals surface area contributed by atoms with E-state index in [-0.39, 0.29) is 12.5 Å². The highest BCUT2D eigenvalue weighted by atomic mass is 32.1. The molecule has 2 aromatic heterocycles. The summed E-state index contributed by atoms with van der Waals surface area (Å²) in [6, 6.07) is 1.73. The Balaban J connectivity index is 1.99. The Labute approximate surface area is 127 Å². The van der Waals surface area contributed by atoms with E-state index in [2.05, 4.69) is 22.3 Å². The Morgan fingerprint density at radius 1 is 1.57 bits per heavy atom. The van der Waals surface area contributed by atoms with E-state index in [9.17, 15) is 4.79 Å². The summed E-state index contributed by atoms with van der Waals surface area (Å²) in [5.41, 5.74) is 2.62. The lowest BCUT2D eigenvalue weighted by Gasteiger charge is -2.03. The first kappa shape index (κ1) is 15.3.